The SMILES string of the molecule is CCOC(=O)CCN1CCC(CN=O)(Nc2ccccc2)CC1. The van der Waals surface area contributed by atoms with Crippen molar-refractivity contribution in [1.82, 2.24) is 4.90 Å². The number of ether oxygens (including phenoxy) is 1. The van der Waals surface area contributed by atoms with Crippen molar-refractivity contribution < 1.29 is 9.53 Å². The van der Waals surface area contributed by atoms with Gasteiger partial charge in [-0.15, -0.1) is 0 Å². The van der Waals surface area contributed by atoms with Crippen LogP contribution in [0.25, 0.3) is 0 Å². The topological polar surface area (TPSA) is 71.0 Å². The molecular weight excluding hydrogens is 294 g/mol. The van der Waals surface area contributed by atoms with E-state index in [9.17, 15) is 9.70 Å². The molecule has 0 spiro atoms. The van der Waals surface area contributed by atoms with Crippen LogP contribution >= 0.6 is 0 Å². The van der Waals surface area contributed by atoms with Crippen LogP contribution in [-0.4, -0.2) is 49.2 Å². The Bertz CT molecular complexity index is 499. The van der Waals surface area contributed by atoms with Gasteiger partial charge in [-0.05, 0) is 31.9 Å². The summed E-state index contributed by atoms with van der Waals surface area (Å²) >= 11 is 0. The second-order valence-corrected chi connectivity index (χ2v) is 5.96. The standard InChI is InChI=1S/C17H25N3O3/c1-2-23-16(21)8-11-20-12-9-17(10-13-20,14-18-22)19-15-6-4-3-5-7-15/h3-7,19H,2,8-14H2,1H3. The fourth-order valence-electron chi connectivity index (χ4n) is 2.96. The molecule has 0 saturated carbocycles. The normalized spacial score (nSPS) is 17.4. The van der Waals surface area contributed by atoms with E-state index in [2.05, 4.69) is 15.4 Å². The minimum atomic E-state index is -0.288. The zero-order valence-electron chi connectivity index (χ0n) is 13.7. The molecule has 0 atom stereocenters. The lowest BCUT2D eigenvalue weighted by molar-refractivity contribution is -0.143. The van der Waals surface area contributed by atoms with Gasteiger partial charge >= 0.3 is 5.97 Å². The number of para-hydroxylation sites is 1. The smallest absolute Gasteiger partial charge is 0.307 e. The third kappa shape index (κ3) is 5.32. The molecule has 6 nitrogen and oxygen atoms in total. The van der Waals surface area contributed by atoms with Crippen LogP contribution in [0, 0.1) is 4.91 Å². The Morgan fingerprint density at radius 3 is 2.61 bits per heavy atom. The van der Waals surface area contributed by atoms with Crippen LogP contribution in [0.3, 0.4) is 0 Å². The van der Waals surface area contributed by atoms with Gasteiger partial charge in [-0.1, -0.05) is 23.4 Å². The Morgan fingerprint density at radius 2 is 2.00 bits per heavy atom. The third-order valence-electron chi connectivity index (χ3n) is 4.30. The van der Waals surface area contributed by atoms with Gasteiger partial charge in [-0.3, -0.25) is 4.79 Å². The summed E-state index contributed by atoms with van der Waals surface area (Å²) in [6.45, 7) is 4.88. The van der Waals surface area contributed by atoms with Gasteiger partial charge < -0.3 is 15.0 Å². The number of anilines is 1. The van der Waals surface area contributed by atoms with Gasteiger partial charge in [0.05, 0.1) is 18.6 Å². The monoisotopic (exact) mass is 319 g/mol. The number of rotatable bonds is 8. The number of esters is 1. The van der Waals surface area contributed by atoms with E-state index in [1.54, 1.807) is 0 Å². The Labute approximate surface area is 137 Å². The van der Waals surface area contributed by atoms with E-state index in [1.807, 2.05) is 37.3 Å². The maximum Gasteiger partial charge on any atom is 0.307 e. The average Bonchev–Trinajstić information content (AvgIpc) is 2.56. The largest absolute Gasteiger partial charge is 0.466 e. The lowest BCUT2D eigenvalue weighted by Crippen LogP contribution is -2.51. The van der Waals surface area contributed by atoms with Crippen molar-refractivity contribution >= 4 is 11.7 Å². The van der Waals surface area contributed by atoms with E-state index in [-0.39, 0.29) is 18.1 Å². The molecular formula is C17H25N3O3. The number of piperidine rings is 1. The molecule has 1 heterocycles. The van der Waals surface area contributed by atoms with E-state index in [4.69, 9.17) is 4.74 Å². The quantitative estimate of drug-likeness (QED) is 0.589. The van der Waals surface area contributed by atoms with Crippen molar-refractivity contribution in [2.24, 2.45) is 5.18 Å². The van der Waals surface area contributed by atoms with E-state index >= 15 is 0 Å². The molecule has 2 rings (SSSR count). The lowest BCUT2D eigenvalue weighted by Gasteiger charge is -2.41. The number of nitrogens with one attached hydrogen (secondary N) is 1. The number of nitroso groups, excluding NO2 is 1. The van der Waals surface area contributed by atoms with Gasteiger partial charge in [0.15, 0.2) is 0 Å². The highest BCUT2D eigenvalue weighted by molar-refractivity contribution is 5.69. The summed E-state index contributed by atoms with van der Waals surface area (Å²) in [5.74, 6) is -0.152. The van der Waals surface area contributed by atoms with E-state index < -0.39 is 0 Å². The van der Waals surface area contributed by atoms with Gasteiger partial charge in [0.25, 0.3) is 0 Å². The Hall–Kier alpha value is -1.95. The van der Waals surface area contributed by atoms with Crippen molar-refractivity contribution in [1.29, 1.82) is 0 Å². The van der Waals surface area contributed by atoms with Crippen LogP contribution < -0.4 is 5.32 Å². The fraction of sp³-hybridized carbons (Fsp3) is 0.588. The highest BCUT2D eigenvalue weighted by Gasteiger charge is 2.35. The first kappa shape index (κ1) is 17.4. The van der Waals surface area contributed by atoms with E-state index in [0.717, 1.165) is 31.6 Å². The molecule has 23 heavy (non-hydrogen) atoms. The highest BCUT2D eigenvalue weighted by atomic mass is 16.5. The van der Waals surface area contributed by atoms with Gasteiger partial charge in [0, 0.05) is 25.3 Å². The number of carbonyl (C=O) groups is 1. The summed E-state index contributed by atoms with van der Waals surface area (Å²) in [5.41, 5.74) is 0.722. The summed E-state index contributed by atoms with van der Waals surface area (Å²) in [5, 5.41) is 6.64. The predicted molar refractivity (Wildman–Crippen MR) is 90.4 cm³/mol. The minimum Gasteiger partial charge on any atom is -0.466 e. The maximum atomic E-state index is 11.4. The summed E-state index contributed by atoms with van der Waals surface area (Å²) in [6, 6.07) is 9.91. The molecule has 6 heteroatoms. The van der Waals surface area contributed by atoms with Crippen molar-refractivity contribution in [3.05, 3.63) is 35.2 Å². The third-order valence-corrected chi connectivity index (χ3v) is 4.30. The van der Waals surface area contributed by atoms with Gasteiger partial charge in [-0.2, -0.15) is 4.91 Å². The number of likely N-dealkylation sites (tertiary alicyclic amines) is 1. The second kappa shape index (κ2) is 8.62. The summed E-state index contributed by atoms with van der Waals surface area (Å²) in [7, 11) is 0. The van der Waals surface area contributed by atoms with Crippen LogP contribution in [0.1, 0.15) is 26.2 Å². The summed E-state index contributed by atoms with van der Waals surface area (Å²) < 4.78 is 4.96. The minimum absolute atomic E-state index is 0.152. The molecule has 0 amide bonds. The zero-order valence-corrected chi connectivity index (χ0v) is 13.7. The highest BCUT2D eigenvalue weighted by Crippen LogP contribution is 2.27. The second-order valence-electron chi connectivity index (χ2n) is 5.96. The first-order chi connectivity index (χ1) is 11.2. The molecule has 1 aromatic rings. The summed E-state index contributed by atoms with van der Waals surface area (Å²) in [6.07, 6.45) is 2.08. The molecule has 1 saturated heterocycles. The molecule has 0 aromatic heterocycles. The molecule has 0 aliphatic carbocycles. The molecule has 0 bridgehead atoms. The number of hydrogen-bond acceptors (Lipinski definition) is 6. The molecule has 126 valence electrons. The first-order valence-corrected chi connectivity index (χ1v) is 8.18. The number of benzene rings is 1. The van der Waals surface area contributed by atoms with Crippen LogP contribution in [-0.2, 0) is 9.53 Å². The zero-order chi connectivity index (χ0) is 16.5. The van der Waals surface area contributed by atoms with Gasteiger partial charge in [0.2, 0.25) is 0 Å². The van der Waals surface area contributed by atoms with Crippen molar-refractivity contribution in [2.45, 2.75) is 31.7 Å². The lowest BCUT2D eigenvalue weighted by atomic mass is 9.87. The Balaban J connectivity index is 1.87. The molecule has 1 fully saturated rings. The molecule has 1 N–H and O–H groups in total. The van der Waals surface area contributed by atoms with E-state index in [0.29, 0.717) is 19.6 Å². The maximum absolute atomic E-state index is 11.4. The van der Waals surface area contributed by atoms with Crippen LogP contribution in [0.4, 0.5) is 5.69 Å². The molecule has 1 aromatic carbocycles. The van der Waals surface area contributed by atoms with Crippen LogP contribution in [0.2, 0.25) is 0 Å². The Morgan fingerprint density at radius 1 is 1.30 bits per heavy atom. The van der Waals surface area contributed by atoms with Crippen molar-refractivity contribution in [3.63, 3.8) is 0 Å². The van der Waals surface area contributed by atoms with Crippen molar-refractivity contribution in [3.8, 4) is 0 Å². The average molecular weight is 319 g/mol. The number of hydrogen-bond donors (Lipinski definition) is 1. The number of carbonyl (C=O) groups excluding carboxylic acids is 1. The molecule has 1 aliphatic rings. The first-order valence-electron chi connectivity index (χ1n) is 8.18. The molecule has 0 unspecified atom stereocenters. The predicted octanol–water partition coefficient (Wildman–Crippen LogP) is 2.65. The van der Waals surface area contributed by atoms with Gasteiger partial charge in [0.1, 0.15) is 6.54 Å². The van der Waals surface area contributed by atoms with E-state index in [1.165, 1.54) is 0 Å². The molecule has 1 aliphatic heterocycles. The van der Waals surface area contributed by atoms with Crippen molar-refractivity contribution in [2.75, 3.05) is 38.1 Å². The number of nitrogens with zero attached hydrogens (tertiary/aromatic N) is 2. The Kier molecular flexibility index (Phi) is 6.52. The van der Waals surface area contributed by atoms with Crippen LogP contribution in [0.5, 0.6) is 0 Å². The van der Waals surface area contributed by atoms with Gasteiger partial charge in [-0.25, -0.2) is 0 Å². The summed E-state index contributed by atoms with van der Waals surface area (Å²) in [4.78, 5) is 24.6. The fourth-order valence-corrected chi connectivity index (χ4v) is 2.96. The van der Waals surface area contributed by atoms with Crippen LogP contribution in [0.15, 0.2) is 35.5 Å². The molecule has 0 radical (unpaired) electrons.